The summed E-state index contributed by atoms with van der Waals surface area (Å²) in [4.78, 5) is 13.7. The van der Waals surface area contributed by atoms with Gasteiger partial charge >= 0.3 is 6.03 Å². The molecule has 5 heteroatoms. The van der Waals surface area contributed by atoms with Gasteiger partial charge in [-0.25, -0.2) is 4.79 Å². The van der Waals surface area contributed by atoms with Crippen LogP contribution in [0, 0.1) is 0 Å². The fraction of sp³-hybridized carbons (Fsp3) is 0.615. The smallest absolute Gasteiger partial charge is 0.317 e. The molecule has 0 spiro atoms. The van der Waals surface area contributed by atoms with Crippen molar-refractivity contribution in [2.75, 3.05) is 13.2 Å². The highest BCUT2D eigenvalue weighted by Gasteiger charge is 2.14. The first-order valence-corrected chi connectivity index (χ1v) is 6.34. The van der Waals surface area contributed by atoms with Crippen LogP contribution in [-0.4, -0.2) is 35.2 Å². The Hall–Kier alpha value is -1.49. The van der Waals surface area contributed by atoms with E-state index in [2.05, 4.69) is 5.32 Å². The third-order valence-electron chi connectivity index (χ3n) is 2.79. The van der Waals surface area contributed by atoms with Gasteiger partial charge in [0, 0.05) is 24.8 Å². The third-order valence-corrected chi connectivity index (χ3v) is 2.79. The monoisotopic (exact) mass is 254 g/mol. The minimum atomic E-state index is -0.0795. The standard InChI is InChI=1S/C13H22N2O3/c1-3-15(9-12-6-8-18-10-12)13(17)14-11(2)5-4-7-16/h6,8,10-11,16H,3-5,7,9H2,1-2H3,(H,14,17). The highest BCUT2D eigenvalue weighted by Crippen LogP contribution is 2.06. The summed E-state index contributed by atoms with van der Waals surface area (Å²) in [5.74, 6) is 0. The summed E-state index contributed by atoms with van der Waals surface area (Å²) in [5.41, 5.74) is 0.981. The van der Waals surface area contributed by atoms with Crippen LogP contribution >= 0.6 is 0 Å². The van der Waals surface area contributed by atoms with E-state index in [0.29, 0.717) is 19.5 Å². The summed E-state index contributed by atoms with van der Waals surface area (Å²) in [6, 6.07) is 1.85. The molecule has 0 aromatic carbocycles. The predicted octanol–water partition coefficient (Wildman–Crippen LogP) is 1.97. The molecule has 1 atom stereocenters. The first-order chi connectivity index (χ1) is 8.67. The Balaban J connectivity index is 2.41. The van der Waals surface area contributed by atoms with Gasteiger partial charge in [0.25, 0.3) is 0 Å². The van der Waals surface area contributed by atoms with Gasteiger partial charge in [-0.3, -0.25) is 0 Å². The topological polar surface area (TPSA) is 65.7 Å². The van der Waals surface area contributed by atoms with E-state index >= 15 is 0 Å². The van der Waals surface area contributed by atoms with E-state index in [1.165, 1.54) is 0 Å². The van der Waals surface area contributed by atoms with Gasteiger partial charge in [0.1, 0.15) is 0 Å². The molecule has 1 heterocycles. The number of carbonyl (C=O) groups is 1. The van der Waals surface area contributed by atoms with E-state index in [1.807, 2.05) is 19.9 Å². The van der Waals surface area contributed by atoms with Crippen molar-refractivity contribution in [2.24, 2.45) is 0 Å². The van der Waals surface area contributed by atoms with E-state index in [-0.39, 0.29) is 18.7 Å². The molecule has 18 heavy (non-hydrogen) atoms. The van der Waals surface area contributed by atoms with Crippen molar-refractivity contribution >= 4 is 6.03 Å². The van der Waals surface area contributed by atoms with E-state index in [0.717, 1.165) is 12.0 Å². The zero-order valence-electron chi connectivity index (χ0n) is 11.1. The normalized spacial score (nSPS) is 12.2. The summed E-state index contributed by atoms with van der Waals surface area (Å²) in [6.07, 6.45) is 4.73. The first kappa shape index (κ1) is 14.6. The predicted molar refractivity (Wildman–Crippen MR) is 69.1 cm³/mol. The van der Waals surface area contributed by atoms with Crippen molar-refractivity contribution < 1.29 is 14.3 Å². The third kappa shape index (κ3) is 4.79. The molecule has 0 saturated heterocycles. The maximum atomic E-state index is 12.0. The van der Waals surface area contributed by atoms with Gasteiger partial charge in [-0.2, -0.15) is 0 Å². The molecule has 2 amide bonds. The minimum Gasteiger partial charge on any atom is -0.472 e. The van der Waals surface area contributed by atoms with Gasteiger partial charge in [0.15, 0.2) is 0 Å². The summed E-state index contributed by atoms with van der Waals surface area (Å²) in [5, 5.41) is 11.7. The molecule has 102 valence electrons. The number of rotatable bonds is 7. The maximum absolute atomic E-state index is 12.0. The average Bonchev–Trinajstić information content (AvgIpc) is 2.86. The summed E-state index contributed by atoms with van der Waals surface area (Å²) < 4.78 is 4.99. The van der Waals surface area contributed by atoms with Crippen molar-refractivity contribution in [1.29, 1.82) is 0 Å². The largest absolute Gasteiger partial charge is 0.472 e. The van der Waals surface area contributed by atoms with Crippen LogP contribution in [0.4, 0.5) is 4.79 Å². The molecule has 1 aromatic heterocycles. The lowest BCUT2D eigenvalue weighted by molar-refractivity contribution is 0.192. The van der Waals surface area contributed by atoms with Crippen LogP contribution in [-0.2, 0) is 6.54 Å². The van der Waals surface area contributed by atoms with Crippen LogP contribution in [0.15, 0.2) is 23.0 Å². The second kappa shape index (κ2) is 7.76. The summed E-state index contributed by atoms with van der Waals surface area (Å²) >= 11 is 0. The van der Waals surface area contributed by atoms with Gasteiger partial charge in [0.05, 0.1) is 19.1 Å². The lowest BCUT2D eigenvalue weighted by atomic mass is 10.2. The molecular formula is C13H22N2O3. The molecule has 0 fully saturated rings. The molecule has 0 aliphatic carbocycles. The number of carbonyl (C=O) groups excluding carboxylic acids is 1. The second-order valence-electron chi connectivity index (χ2n) is 4.36. The van der Waals surface area contributed by atoms with Crippen molar-refractivity contribution in [3.8, 4) is 0 Å². The minimum absolute atomic E-state index is 0.0723. The molecule has 1 rings (SSSR count). The van der Waals surface area contributed by atoms with Crippen molar-refractivity contribution in [1.82, 2.24) is 10.2 Å². The number of urea groups is 1. The lowest BCUT2D eigenvalue weighted by Crippen LogP contribution is -2.43. The summed E-state index contributed by atoms with van der Waals surface area (Å²) in [7, 11) is 0. The fourth-order valence-electron chi connectivity index (χ4n) is 1.70. The van der Waals surface area contributed by atoms with Crippen LogP contribution in [0.5, 0.6) is 0 Å². The van der Waals surface area contributed by atoms with Gasteiger partial charge in [0.2, 0.25) is 0 Å². The van der Waals surface area contributed by atoms with E-state index in [1.54, 1.807) is 17.4 Å². The second-order valence-corrected chi connectivity index (χ2v) is 4.36. The number of furan rings is 1. The molecule has 0 radical (unpaired) electrons. The molecule has 0 aliphatic heterocycles. The van der Waals surface area contributed by atoms with Crippen molar-refractivity contribution in [2.45, 2.75) is 39.3 Å². The van der Waals surface area contributed by atoms with Gasteiger partial charge in [-0.05, 0) is 32.8 Å². The quantitative estimate of drug-likeness (QED) is 0.782. The van der Waals surface area contributed by atoms with Gasteiger partial charge in [-0.1, -0.05) is 0 Å². The molecule has 1 unspecified atom stereocenters. The maximum Gasteiger partial charge on any atom is 0.317 e. The number of aliphatic hydroxyl groups excluding tert-OH is 1. The fourth-order valence-corrected chi connectivity index (χ4v) is 1.70. The molecule has 0 bridgehead atoms. The molecule has 0 aliphatic rings. The number of nitrogens with one attached hydrogen (secondary N) is 1. The van der Waals surface area contributed by atoms with E-state index < -0.39 is 0 Å². The highest BCUT2D eigenvalue weighted by atomic mass is 16.3. The molecule has 1 aromatic rings. The number of aliphatic hydroxyl groups is 1. The average molecular weight is 254 g/mol. The van der Waals surface area contributed by atoms with Crippen molar-refractivity contribution in [3.63, 3.8) is 0 Å². The molecule has 2 N–H and O–H groups in total. The zero-order valence-corrected chi connectivity index (χ0v) is 11.1. The van der Waals surface area contributed by atoms with Crippen LogP contribution in [0.25, 0.3) is 0 Å². The van der Waals surface area contributed by atoms with E-state index in [4.69, 9.17) is 9.52 Å². The highest BCUT2D eigenvalue weighted by molar-refractivity contribution is 5.74. The van der Waals surface area contributed by atoms with E-state index in [9.17, 15) is 4.79 Å². The molecule has 5 nitrogen and oxygen atoms in total. The number of hydrogen-bond donors (Lipinski definition) is 2. The van der Waals surface area contributed by atoms with Crippen molar-refractivity contribution in [3.05, 3.63) is 24.2 Å². The number of nitrogens with zero attached hydrogens (tertiary/aromatic N) is 1. The molecule has 0 saturated carbocycles. The lowest BCUT2D eigenvalue weighted by Gasteiger charge is -2.23. The molecular weight excluding hydrogens is 232 g/mol. The number of amides is 2. The number of hydrogen-bond acceptors (Lipinski definition) is 3. The Kier molecular flexibility index (Phi) is 6.28. The Morgan fingerprint density at radius 3 is 2.94 bits per heavy atom. The van der Waals surface area contributed by atoms with Gasteiger partial charge in [-0.15, -0.1) is 0 Å². The zero-order chi connectivity index (χ0) is 13.4. The van der Waals surface area contributed by atoms with Crippen LogP contribution in [0.2, 0.25) is 0 Å². The SMILES string of the molecule is CCN(Cc1ccoc1)C(=O)NC(C)CCCO. The Morgan fingerprint density at radius 1 is 1.61 bits per heavy atom. The Morgan fingerprint density at radius 2 is 2.39 bits per heavy atom. The Bertz CT molecular complexity index is 338. The van der Waals surface area contributed by atoms with Crippen LogP contribution in [0.1, 0.15) is 32.3 Å². The first-order valence-electron chi connectivity index (χ1n) is 6.34. The summed E-state index contributed by atoms with van der Waals surface area (Å²) in [6.45, 7) is 5.24. The Labute approximate surface area is 108 Å². The van der Waals surface area contributed by atoms with Gasteiger partial charge < -0.3 is 19.7 Å². The van der Waals surface area contributed by atoms with Crippen LogP contribution < -0.4 is 5.32 Å². The van der Waals surface area contributed by atoms with Crippen LogP contribution in [0.3, 0.4) is 0 Å².